The van der Waals surface area contributed by atoms with Gasteiger partial charge in [-0.1, -0.05) is 30.3 Å². The molecule has 1 atom stereocenters. The number of benzene rings is 2. The van der Waals surface area contributed by atoms with Gasteiger partial charge in [-0.2, -0.15) is 0 Å². The average molecular weight is 422 g/mol. The molecule has 4 rings (SSSR count). The highest BCUT2D eigenvalue weighted by Gasteiger charge is 2.24. The summed E-state index contributed by atoms with van der Waals surface area (Å²) in [4.78, 5) is 25.4. The molecule has 1 fully saturated rings. The van der Waals surface area contributed by atoms with Crippen LogP contribution in [-0.4, -0.2) is 48.3 Å². The molecule has 0 radical (unpaired) electrons. The van der Waals surface area contributed by atoms with Crippen LogP contribution in [0.15, 0.2) is 63.8 Å². The maximum Gasteiger partial charge on any atom is 0.336 e. The van der Waals surface area contributed by atoms with Crippen LogP contribution in [0.25, 0.3) is 22.1 Å². The van der Waals surface area contributed by atoms with Gasteiger partial charge in [-0.25, -0.2) is 4.79 Å². The van der Waals surface area contributed by atoms with Gasteiger partial charge in [0, 0.05) is 30.0 Å². The van der Waals surface area contributed by atoms with Crippen LogP contribution in [0.3, 0.4) is 0 Å². The zero-order chi connectivity index (χ0) is 21.8. The van der Waals surface area contributed by atoms with Crippen LogP contribution >= 0.6 is 0 Å². The lowest BCUT2D eigenvalue weighted by Gasteiger charge is -2.31. The molecule has 1 aliphatic heterocycles. The number of likely N-dealkylation sites (tertiary alicyclic amines) is 1. The fraction of sp³-hybridized carbons (Fsp3) is 0.333. The summed E-state index contributed by atoms with van der Waals surface area (Å²) in [6.45, 7) is 2.04. The van der Waals surface area contributed by atoms with E-state index in [0.29, 0.717) is 17.9 Å². The minimum Gasteiger partial charge on any atom is -0.491 e. The van der Waals surface area contributed by atoms with Crippen molar-refractivity contribution >= 4 is 16.9 Å². The number of aliphatic hydroxyl groups excluding tert-OH is 1. The van der Waals surface area contributed by atoms with Crippen molar-refractivity contribution in [1.82, 2.24) is 4.90 Å². The third-order valence-electron chi connectivity index (χ3n) is 5.70. The predicted octanol–water partition coefficient (Wildman–Crippen LogP) is 2.40. The van der Waals surface area contributed by atoms with Gasteiger partial charge in [-0.15, -0.1) is 0 Å². The van der Waals surface area contributed by atoms with E-state index in [-0.39, 0.29) is 18.4 Å². The molecule has 0 saturated carbocycles. The number of hydrogen-bond acceptors (Lipinski definition) is 6. The number of hydrogen-bond donors (Lipinski definition) is 2. The number of piperidine rings is 1. The molecule has 1 aromatic heterocycles. The molecule has 0 unspecified atom stereocenters. The number of nitrogens with zero attached hydrogens (tertiary/aromatic N) is 1. The van der Waals surface area contributed by atoms with Gasteiger partial charge in [0.05, 0.1) is 0 Å². The number of carbonyl (C=O) groups is 1. The maximum atomic E-state index is 12.1. The molecule has 7 heteroatoms. The number of rotatable bonds is 7. The number of fused-ring (bicyclic) bond motifs is 1. The van der Waals surface area contributed by atoms with Gasteiger partial charge >= 0.3 is 5.63 Å². The molecule has 1 amide bonds. The van der Waals surface area contributed by atoms with E-state index in [1.165, 1.54) is 6.07 Å². The Morgan fingerprint density at radius 2 is 1.90 bits per heavy atom. The van der Waals surface area contributed by atoms with Crippen molar-refractivity contribution in [2.24, 2.45) is 11.7 Å². The summed E-state index contributed by atoms with van der Waals surface area (Å²) in [7, 11) is 0. The van der Waals surface area contributed by atoms with Crippen molar-refractivity contribution in [3.8, 4) is 16.9 Å². The quantitative estimate of drug-likeness (QED) is 0.567. The van der Waals surface area contributed by atoms with Crippen molar-refractivity contribution in [2.45, 2.75) is 18.9 Å². The predicted molar refractivity (Wildman–Crippen MR) is 118 cm³/mol. The molecule has 2 heterocycles. The number of ether oxygens (including phenoxy) is 1. The molecule has 1 saturated heterocycles. The fourth-order valence-corrected chi connectivity index (χ4v) is 4.03. The van der Waals surface area contributed by atoms with Crippen molar-refractivity contribution in [1.29, 1.82) is 0 Å². The van der Waals surface area contributed by atoms with E-state index in [0.717, 1.165) is 42.4 Å². The Bertz CT molecular complexity index is 1100. The van der Waals surface area contributed by atoms with E-state index in [1.54, 1.807) is 12.1 Å². The molecule has 31 heavy (non-hydrogen) atoms. The largest absolute Gasteiger partial charge is 0.491 e. The Kier molecular flexibility index (Phi) is 6.34. The number of amides is 1. The normalized spacial score (nSPS) is 16.3. The summed E-state index contributed by atoms with van der Waals surface area (Å²) in [5.41, 5.74) is 7.11. The van der Waals surface area contributed by atoms with E-state index in [1.807, 2.05) is 36.4 Å². The van der Waals surface area contributed by atoms with E-state index in [2.05, 4.69) is 4.90 Å². The molecule has 3 aromatic rings. The minimum atomic E-state index is -0.677. The second-order valence-corrected chi connectivity index (χ2v) is 7.95. The highest BCUT2D eigenvalue weighted by Crippen LogP contribution is 2.29. The Balaban J connectivity index is 1.40. The molecule has 0 spiro atoms. The van der Waals surface area contributed by atoms with Gasteiger partial charge in [-0.3, -0.25) is 4.79 Å². The monoisotopic (exact) mass is 422 g/mol. The van der Waals surface area contributed by atoms with E-state index >= 15 is 0 Å². The summed E-state index contributed by atoms with van der Waals surface area (Å²) in [5, 5.41) is 11.2. The van der Waals surface area contributed by atoms with Crippen LogP contribution in [0.4, 0.5) is 0 Å². The third kappa shape index (κ3) is 5.13. The Hall–Kier alpha value is -3.16. The Morgan fingerprint density at radius 3 is 2.61 bits per heavy atom. The van der Waals surface area contributed by atoms with Gasteiger partial charge < -0.3 is 24.9 Å². The van der Waals surface area contributed by atoms with Crippen LogP contribution in [0.2, 0.25) is 0 Å². The van der Waals surface area contributed by atoms with Crippen molar-refractivity contribution in [3.05, 3.63) is 65.0 Å². The second-order valence-electron chi connectivity index (χ2n) is 7.95. The molecule has 0 aliphatic carbocycles. The Morgan fingerprint density at radius 1 is 1.16 bits per heavy atom. The zero-order valence-corrected chi connectivity index (χ0v) is 17.2. The van der Waals surface area contributed by atoms with Crippen molar-refractivity contribution in [3.63, 3.8) is 0 Å². The van der Waals surface area contributed by atoms with Crippen molar-refractivity contribution in [2.75, 3.05) is 26.2 Å². The van der Waals surface area contributed by atoms with Crippen molar-refractivity contribution < 1.29 is 19.1 Å². The molecular weight excluding hydrogens is 396 g/mol. The van der Waals surface area contributed by atoms with Crippen LogP contribution in [0, 0.1) is 5.92 Å². The molecule has 0 bridgehead atoms. The number of nitrogens with two attached hydrogens (primary N) is 1. The molecular formula is C24H26N2O5. The van der Waals surface area contributed by atoms with Gasteiger partial charge in [0.25, 0.3) is 0 Å². The lowest BCUT2D eigenvalue weighted by molar-refractivity contribution is -0.123. The number of primary amides is 1. The summed E-state index contributed by atoms with van der Waals surface area (Å²) < 4.78 is 11.1. The van der Waals surface area contributed by atoms with Crippen LogP contribution in [-0.2, 0) is 4.79 Å². The fourth-order valence-electron chi connectivity index (χ4n) is 4.03. The summed E-state index contributed by atoms with van der Waals surface area (Å²) >= 11 is 0. The first kappa shape index (κ1) is 21.1. The number of aliphatic hydroxyl groups is 1. The molecule has 1 aliphatic rings. The topological polar surface area (TPSA) is 106 Å². The smallest absolute Gasteiger partial charge is 0.336 e. The molecule has 162 valence electrons. The standard InChI is InChI=1S/C24H26N2O5/c25-24(29)17-8-10-26(11-9-17)14-18(27)15-30-19-6-7-20-21(16-4-2-1-3-5-16)13-23(28)31-22(20)12-19/h1-7,12-13,17-18,27H,8-11,14-15H2,(H2,25,29)/t18-/m1/s1. The van der Waals surface area contributed by atoms with Crippen LogP contribution in [0.5, 0.6) is 5.75 Å². The van der Waals surface area contributed by atoms with Gasteiger partial charge in [-0.05, 0) is 49.2 Å². The summed E-state index contributed by atoms with van der Waals surface area (Å²) in [6, 6.07) is 16.5. The molecule has 3 N–H and O–H groups in total. The maximum absolute atomic E-state index is 12.1. The van der Waals surface area contributed by atoms with E-state index < -0.39 is 11.7 Å². The minimum absolute atomic E-state index is 0.0716. The SMILES string of the molecule is NC(=O)C1CCN(C[C@@H](O)COc2ccc3c(-c4ccccc4)cc(=O)oc3c2)CC1. The van der Waals surface area contributed by atoms with Gasteiger partial charge in [0.2, 0.25) is 5.91 Å². The molecule has 7 nitrogen and oxygen atoms in total. The first-order chi connectivity index (χ1) is 15.0. The third-order valence-corrected chi connectivity index (χ3v) is 5.70. The van der Waals surface area contributed by atoms with E-state index in [9.17, 15) is 14.7 Å². The Labute approximate surface area is 180 Å². The summed E-state index contributed by atoms with van der Waals surface area (Å²) in [6.07, 6.45) is 0.760. The van der Waals surface area contributed by atoms with Crippen LogP contribution in [0.1, 0.15) is 12.8 Å². The van der Waals surface area contributed by atoms with Crippen LogP contribution < -0.4 is 16.1 Å². The lowest BCUT2D eigenvalue weighted by Crippen LogP contribution is -2.43. The van der Waals surface area contributed by atoms with E-state index in [4.69, 9.17) is 14.9 Å². The first-order valence-electron chi connectivity index (χ1n) is 10.5. The van der Waals surface area contributed by atoms with Gasteiger partial charge in [0.15, 0.2) is 0 Å². The summed E-state index contributed by atoms with van der Waals surface area (Å²) in [5.74, 6) is 0.201. The average Bonchev–Trinajstić information content (AvgIpc) is 2.78. The molecule has 2 aromatic carbocycles. The highest BCUT2D eigenvalue weighted by molar-refractivity contribution is 5.93. The highest BCUT2D eigenvalue weighted by atomic mass is 16.5. The van der Waals surface area contributed by atoms with Gasteiger partial charge in [0.1, 0.15) is 24.0 Å². The lowest BCUT2D eigenvalue weighted by atomic mass is 9.96. The number of carbonyl (C=O) groups excluding carboxylic acids is 1. The first-order valence-corrected chi connectivity index (χ1v) is 10.5. The zero-order valence-electron chi connectivity index (χ0n) is 17.2. The number of β-amino-alcohol motifs (C(OH)–C–C–N with tert-alkyl or cyclic N) is 1. The second kappa shape index (κ2) is 9.32.